The number of carbonyl (C=O) groups is 1. The summed E-state index contributed by atoms with van der Waals surface area (Å²) in [4.78, 5) is 17.9. The number of hydrogen-bond acceptors (Lipinski definition) is 3. The van der Waals surface area contributed by atoms with Gasteiger partial charge in [-0.3, -0.25) is 9.69 Å². The maximum atomic E-state index is 13.3. The number of carbonyl (C=O) groups excluding carboxylic acids is 1. The van der Waals surface area contributed by atoms with E-state index >= 15 is 0 Å². The van der Waals surface area contributed by atoms with Gasteiger partial charge in [-0.15, -0.1) is 0 Å². The van der Waals surface area contributed by atoms with Crippen LogP contribution in [0.4, 0.5) is 4.39 Å². The van der Waals surface area contributed by atoms with Gasteiger partial charge >= 0.3 is 0 Å². The lowest BCUT2D eigenvalue weighted by atomic mass is 9.82. The van der Waals surface area contributed by atoms with Gasteiger partial charge in [0, 0.05) is 49.6 Å². The van der Waals surface area contributed by atoms with E-state index in [1.807, 2.05) is 42.5 Å². The highest BCUT2D eigenvalue weighted by Gasteiger charge is 2.47. The van der Waals surface area contributed by atoms with E-state index in [1.54, 1.807) is 11.3 Å². The van der Waals surface area contributed by atoms with Crippen LogP contribution in [0.1, 0.15) is 33.8 Å². The lowest BCUT2D eigenvalue weighted by Crippen LogP contribution is -2.47. The van der Waals surface area contributed by atoms with E-state index in [-0.39, 0.29) is 17.8 Å². The maximum absolute atomic E-state index is 13.3. The number of rotatable bonds is 4. The van der Waals surface area contributed by atoms with Crippen LogP contribution in [0.2, 0.25) is 0 Å². The van der Waals surface area contributed by atoms with Gasteiger partial charge < -0.3 is 4.90 Å². The second kappa shape index (κ2) is 8.32. The Morgan fingerprint density at radius 2 is 1.83 bits per heavy atom. The van der Waals surface area contributed by atoms with E-state index in [9.17, 15) is 9.18 Å². The van der Waals surface area contributed by atoms with Crippen LogP contribution in [-0.4, -0.2) is 41.4 Å². The minimum Gasteiger partial charge on any atom is -0.335 e. The molecule has 2 aromatic carbocycles. The molecule has 1 aromatic heterocycles. The number of likely N-dealkylation sites (tertiary alicyclic amines) is 2. The molecule has 0 N–H and O–H groups in total. The minimum atomic E-state index is -0.194. The van der Waals surface area contributed by atoms with Crippen molar-refractivity contribution in [2.75, 3.05) is 19.6 Å². The highest BCUT2D eigenvalue weighted by molar-refractivity contribution is 7.08. The Balaban J connectivity index is 1.38. The molecule has 2 fully saturated rings. The summed E-state index contributed by atoms with van der Waals surface area (Å²) in [5.74, 6) is 0.738. The molecule has 3 heterocycles. The van der Waals surface area contributed by atoms with Crippen molar-refractivity contribution in [2.45, 2.75) is 24.9 Å². The van der Waals surface area contributed by atoms with Crippen LogP contribution < -0.4 is 0 Å². The average Bonchev–Trinajstić information content (AvgIpc) is 3.43. The maximum Gasteiger partial charge on any atom is 0.254 e. The molecule has 2 aliphatic rings. The van der Waals surface area contributed by atoms with Crippen LogP contribution in [0, 0.1) is 11.7 Å². The van der Waals surface area contributed by atoms with E-state index in [2.05, 4.69) is 26.6 Å². The van der Waals surface area contributed by atoms with Gasteiger partial charge in [-0.25, -0.2) is 4.39 Å². The monoisotopic (exact) mass is 420 g/mol. The molecule has 0 aliphatic carbocycles. The van der Waals surface area contributed by atoms with Gasteiger partial charge in [-0.05, 0) is 58.6 Å². The Bertz CT molecular complexity index is 990. The zero-order chi connectivity index (χ0) is 20.5. The fraction of sp³-hybridized carbons (Fsp3) is 0.320. The number of fused-ring (bicyclic) bond motifs is 1. The zero-order valence-corrected chi connectivity index (χ0v) is 17.6. The number of amides is 1. The molecule has 0 bridgehead atoms. The Morgan fingerprint density at radius 1 is 1.03 bits per heavy atom. The normalized spacial score (nSPS) is 24.0. The third-order valence-corrected chi connectivity index (χ3v) is 7.29. The first kappa shape index (κ1) is 19.5. The summed E-state index contributed by atoms with van der Waals surface area (Å²) in [7, 11) is 0. The van der Waals surface area contributed by atoms with Gasteiger partial charge in [-0.1, -0.05) is 30.3 Å². The van der Waals surface area contributed by atoms with E-state index in [0.29, 0.717) is 11.8 Å². The smallest absolute Gasteiger partial charge is 0.254 e. The molecule has 2 saturated heterocycles. The predicted molar refractivity (Wildman–Crippen MR) is 118 cm³/mol. The standard InChI is InChI=1S/C25H25FN2OS/c26-21-8-6-18(7-9-21)14-27-12-10-24-23(15-27)22(20-11-13-30-17-20)16-28(24)25(29)19-4-2-1-3-5-19/h1-9,11,13,17,22-24H,10,12,14-16H2/t22-,23-,24-/m0/s1. The van der Waals surface area contributed by atoms with E-state index in [4.69, 9.17) is 0 Å². The van der Waals surface area contributed by atoms with E-state index in [0.717, 1.165) is 43.7 Å². The second-order valence-corrected chi connectivity index (χ2v) is 9.15. The van der Waals surface area contributed by atoms with Crippen LogP contribution in [0.25, 0.3) is 0 Å². The molecule has 3 nitrogen and oxygen atoms in total. The van der Waals surface area contributed by atoms with Crippen LogP contribution in [0.3, 0.4) is 0 Å². The van der Waals surface area contributed by atoms with Crippen molar-refractivity contribution in [3.8, 4) is 0 Å². The lowest BCUT2D eigenvalue weighted by Gasteiger charge is -2.39. The van der Waals surface area contributed by atoms with Crippen molar-refractivity contribution in [3.63, 3.8) is 0 Å². The molecule has 5 rings (SSSR count). The van der Waals surface area contributed by atoms with Gasteiger partial charge in [-0.2, -0.15) is 11.3 Å². The Kier molecular flexibility index (Phi) is 5.40. The molecule has 0 saturated carbocycles. The first-order valence-corrected chi connectivity index (χ1v) is 11.5. The molecule has 3 aromatic rings. The summed E-state index contributed by atoms with van der Waals surface area (Å²) in [6.45, 7) is 3.52. The zero-order valence-electron chi connectivity index (χ0n) is 16.8. The summed E-state index contributed by atoms with van der Waals surface area (Å²) in [5.41, 5.74) is 3.26. The van der Waals surface area contributed by atoms with Crippen molar-refractivity contribution in [1.82, 2.24) is 9.80 Å². The number of hydrogen-bond donors (Lipinski definition) is 0. The number of nitrogens with zero attached hydrogens (tertiary/aromatic N) is 2. The molecule has 0 spiro atoms. The molecule has 2 aliphatic heterocycles. The Labute approximate surface area is 180 Å². The largest absolute Gasteiger partial charge is 0.335 e. The lowest BCUT2D eigenvalue weighted by molar-refractivity contribution is 0.0614. The number of benzene rings is 2. The van der Waals surface area contributed by atoms with Crippen molar-refractivity contribution >= 4 is 17.2 Å². The van der Waals surface area contributed by atoms with Crippen molar-refractivity contribution in [3.05, 3.63) is 93.9 Å². The molecular formula is C25H25FN2OS. The molecule has 1 amide bonds. The predicted octanol–water partition coefficient (Wildman–Crippen LogP) is 5.02. The summed E-state index contributed by atoms with van der Waals surface area (Å²) in [6, 6.07) is 18.9. The molecule has 3 atom stereocenters. The second-order valence-electron chi connectivity index (χ2n) is 8.37. The Hall–Kier alpha value is -2.50. The fourth-order valence-corrected chi connectivity index (χ4v) is 5.84. The van der Waals surface area contributed by atoms with Crippen LogP contribution in [0.15, 0.2) is 71.4 Å². The minimum absolute atomic E-state index is 0.148. The molecule has 0 radical (unpaired) electrons. The summed E-state index contributed by atoms with van der Waals surface area (Å²) >= 11 is 1.72. The third kappa shape index (κ3) is 3.80. The number of piperidine rings is 1. The summed E-state index contributed by atoms with van der Waals surface area (Å²) < 4.78 is 13.3. The van der Waals surface area contributed by atoms with Crippen molar-refractivity contribution in [2.24, 2.45) is 5.92 Å². The van der Waals surface area contributed by atoms with Gasteiger partial charge in [0.15, 0.2) is 0 Å². The van der Waals surface area contributed by atoms with Crippen LogP contribution in [0.5, 0.6) is 0 Å². The topological polar surface area (TPSA) is 23.6 Å². The van der Waals surface area contributed by atoms with Gasteiger partial charge in [0.2, 0.25) is 0 Å². The average molecular weight is 421 g/mol. The van der Waals surface area contributed by atoms with Crippen molar-refractivity contribution < 1.29 is 9.18 Å². The first-order valence-electron chi connectivity index (χ1n) is 10.5. The van der Waals surface area contributed by atoms with Crippen molar-refractivity contribution in [1.29, 1.82) is 0 Å². The van der Waals surface area contributed by atoms with E-state index in [1.165, 1.54) is 17.7 Å². The molecule has 30 heavy (non-hydrogen) atoms. The molecule has 154 valence electrons. The molecule has 5 heteroatoms. The van der Waals surface area contributed by atoms with Gasteiger partial charge in [0.1, 0.15) is 5.82 Å². The Morgan fingerprint density at radius 3 is 2.57 bits per heavy atom. The SMILES string of the molecule is O=C(c1ccccc1)N1C[C@@H](c2ccsc2)[C@@H]2CN(Cc3ccc(F)cc3)CC[C@@H]21. The quantitative estimate of drug-likeness (QED) is 0.592. The first-order chi connectivity index (χ1) is 14.7. The fourth-order valence-electron chi connectivity index (χ4n) is 5.12. The van der Waals surface area contributed by atoms with E-state index < -0.39 is 0 Å². The number of halogens is 1. The highest BCUT2D eigenvalue weighted by Crippen LogP contribution is 2.42. The molecule has 0 unspecified atom stereocenters. The van der Waals surface area contributed by atoms with Crippen LogP contribution >= 0.6 is 11.3 Å². The van der Waals surface area contributed by atoms with Gasteiger partial charge in [0.25, 0.3) is 5.91 Å². The highest BCUT2D eigenvalue weighted by atomic mass is 32.1. The third-order valence-electron chi connectivity index (χ3n) is 6.59. The summed E-state index contributed by atoms with van der Waals surface area (Å²) in [5, 5.41) is 4.36. The van der Waals surface area contributed by atoms with Gasteiger partial charge in [0.05, 0.1) is 0 Å². The summed E-state index contributed by atoms with van der Waals surface area (Å²) in [6.07, 6.45) is 0.977. The van der Waals surface area contributed by atoms with Crippen LogP contribution in [-0.2, 0) is 6.54 Å². The molecular weight excluding hydrogens is 395 g/mol. The number of thiophene rings is 1.